The van der Waals surface area contributed by atoms with Gasteiger partial charge in [-0.15, -0.1) is 0 Å². The molecule has 0 amide bonds. The van der Waals surface area contributed by atoms with Crippen LogP contribution in [-0.4, -0.2) is 40.7 Å². The van der Waals surface area contributed by atoms with Crippen LogP contribution in [0.25, 0.3) is 87.6 Å². The fourth-order valence-electron chi connectivity index (χ4n) is 22.9. The van der Waals surface area contributed by atoms with Gasteiger partial charge in [0.15, 0.2) is 0 Å². The van der Waals surface area contributed by atoms with E-state index < -0.39 is 5.41 Å². The normalized spacial score (nSPS) is 13.9. The molecule has 2 aliphatic heterocycles. The van der Waals surface area contributed by atoms with Gasteiger partial charge in [-0.1, -0.05) is 429 Å². The van der Waals surface area contributed by atoms with Gasteiger partial charge in [-0.2, -0.15) is 0 Å². The summed E-state index contributed by atoms with van der Waals surface area (Å²) in [5, 5.41) is 10.0. The predicted octanol–water partition coefficient (Wildman–Crippen LogP) is 37.9. The molecule has 0 spiro atoms. The van der Waals surface area contributed by atoms with Gasteiger partial charge in [0.1, 0.15) is 0 Å². The average molecular weight is 2150 g/mol. The quantitative estimate of drug-likeness (QED) is 0.0238. The first kappa shape index (κ1) is 102. The van der Waals surface area contributed by atoms with Crippen LogP contribution in [0.1, 0.15) is 240 Å². The van der Waals surface area contributed by atoms with E-state index >= 15 is 0 Å². The van der Waals surface area contributed by atoms with Gasteiger partial charge >= 0.3 is 14.2 Å². The first-order chi connectivity index (χ1) is 70.1. The summed E-state index contributed by atoms with van der Waals surface area (Å²) in [6.07, 6.45) is 24.9. The van der Waals surface area contributed by atoms with Gasteiger partial charge < -0.3 is 28.4 Å². The van der Waals surface area contributed by atoms with E-state index in [2.05, 4.69) is 482 Å². The van der Waals surface area contributed by atoms with E-state index in [1.807, 2.05) is 0 Å². The van der Waals surface area contributed by atoms with Gasteiger partial charge in [-0.05, 0) is 337 Å². The first-order valence-corrected chi connectivity index (χ1v) is 56.2. The molecule has 2 aliphatic carbocycles. The van der Waals surface area contributed by atoms with E-state index in [0.29, 0.717) is 26.4 Å². The van der Waals surface area contributed by atoms with E-state index in [1.54, 1.807) is 0 Å². The molecule has 730 valence electrons. The molecule has 0 atom stereocenters. The second kappa shape index (κ2) is 45.7. The number of hydrogen-bond donors (Lipinski definition) is 0. The molecule has 21 rings (SSSR count). The molecule has 0 N–H and O–H groups in total. The molecule has 4 aliphatic rings. The Hall–Kier alpha value is -10.7. The van der Waals surface area contributed by atoms with Crippen molar-refractivity contribution < 1.29 is 18.6 Å². The highest BCUT2D eigenvalue weighted by Gasteiger charge is 2.51. The van der Waals surface area contributed by atoms with Crippen molar-refractivity contribution in [1.82, 2.24) is 0 Å². The number of rotatable bonds is 32. The highest BCUT2D eigenvalue weighted by molar-refractivity contribution is 9.11. The smallest absolute Gasteiger partial charge is 0.405 e. The summed E-state index contributed by atoms with van der Waals surface area (Å²) in [5.41, 5.74) is 32.6. The molecule has 2 heterocycles. The zero-order chi connectivity index (χ0) is 99.6. The minimum absolute atomic E-state index is 0.0309. The lowest BCUT2D eigenvalue weighted by Crippen LogP contribution is -2.35. The third-order valence-electron chi connectivity index (χ3n) is 30.5. The van der Waals surface area contributed by atoms with E-state index in [-0.39, 0.29) is 30.5 Å². The lowest BCUT2D eigenvalue weighted by Gasteiger charge is -2.36. The molecular weight excluding hydrogens is 2020 g/mol. The Balaban J connectivity index is 0.000000145. The Morgan fingerprint density at radius 1 is 0.271 bits per heavy atom. The number of fused-ring (bicyclic) bond motifs is 10. The first-order valence-electron chi connectivity index (χ1n) is 53.0. The maximum absolute atomic E-state index is 6.24. The van der Waals surface area contributed by atoms with E-state index in [0.717, 1.165) is 88.6 Å². The highest BCUT2D eigenvalue weighted by atomic mass is 79.9. The van der Waals surface area contributed by atoms with E-state index in [9.17, 15) is 0 Å². The SMILES string of the molecule is Brc1ccc2c(-c3cccc4ccccc34)c3cc(Br)ccc3c(-c3cccc4ccccc34)c2c1.CCCCCCCCC1(CCCCCCCC)c2cc(B3OCCO3)ccc2-c2cc3c(cc21)-c1ccc(B2OCCO2)cc1C3(c1ccc(C(C)(C)C)cc1)c1ccc(C(C)(C)C)cc1.CCCCc1ccc(N(c2ccc(Br)cc2)c2ccc(N(c3ccc(Br)cc3)c3ccc(CCCC)cc3)cc2)cc1. The van der Waals surface area contributed by atoms with Crippen molar-refractivity contribution in [1.29, 1.82) is 0 Å². The summed E-state index contributed by atoms with van der Waals surface area (Å²) >= 11 is 14.8. The minimum atomic E-state index is -0.587. The summed E-state index contributed by atoms with van der Waals surface area (Å²) in [6, 6.07) is 127. The van der Waals surface area contributed by atoms with Crippen LogP contribution in [-0.2, 0) is 53.1 Å². The Kier molecular flexibility index (Phi) is 32.4. The topological polar surface area (TPSA) is 43.4 Å². The number of halogens is 4. The fraction of sp³-hybridized carbons (Fsp3) is 0.288. The van der Waals surface area contributed by atoms with Crippen molar-refractivity contribution in [3.8, 4) is 44.5 Å². The zero-order valence-electron chi connectivity index (χ0n) is 85.5. The van der Waals surface area contributed by atoms with Crippen molar-refractivity contribution >= 4 is 166 Å². The van der Waals surface area contributed by atoms with Crippen LogP contribution in [0.3, 0.4) is 0 Å². The largest absolute Gasteiger partial charge is 0.494 e. The molecule has 17 aromatic rings. The van der Waals surface area contributed by atoms with Crippen LogP contribution < -0.4 is 20.7 Å². The summed E-state index contributed by atoms with van der Waals surface area (Å²) in [5.74, 6) is 0. The molecule has 0 bridgehead atoms. The zero-order valence-corrected chi connectivity index (χ0v) is 91.8. The third kappa shape index (κ3) is 21.6. The highest BCUT2D eigenvalue weighted by Crippen LogP contribution is 2.63. The van der Waals surface area contributed by atoms with Gasteiger partial charge in [0.05, 0.1) is 31.8 Å². The van der Waals surface area contributed by atoms with E-state index in [1.165, 1.54) is 246 Å². The van der Waals surface area contributed by atoms with Crippen molar-refractivity contribution in [3.05, 3.63) is 413 Å². The Labute approximate surface area is 890 Å². The molecule has 6 nitrogen and oxygen atoms in total. The fourth-order valence-corrected chi connectivity index (χ4v) is 24.1. The average Bonchev–Trinajstić information content (AvgIpc) is 1.51. The van der Waals surface area contributed by atoms with Crippen LogP contribution >= 0.6 is 63.7 Å². The predicted molar refractivity (Wildman–Crippen MR) is 629 cm³/mol. The lowest BCUT2D eigenvalue weighted by molar-refractivity contribution is 0.365. The summed E-state index contributed by atoms with van der Waals surface area (Å²) in [6.45, 7) is 25.5. The van der Waals surface area contributed by atoms with Crippen LogP contribution in [0, 0.1) is 0 Å². The van der Waals surface area contributed by atoms with Crippen LogP contribution in [0.5, 0.6) is 0 Å². The standard InChI is InChI=1S/C60H76B2O4.C38H38Br2N2.C34H20Br2/c1-9-11-13-15-17-19-33-59(34-20-18-16-14-12-10-2)53-39-47(61-63-35-36-64-61)29-31-49(53)51-42-56-52(41-54(51)59)50-32-30-48(62-65-37-38-66-62)40-55(50)60(56,45-25-21-43(22-26-45)57(3,4)5)46-27-23-44(24-28-46)58(6,7)8;1-3-5-7-29-9-17-33(18-10-29)41(35-21-13-31(39)14-22-35)37-25-27-38(28-26-37)42(36-23-15-32(40)16-24-36)34-19-11-30(12-20-34)8-6-4-2;35-23-16-18-30-31(19-23)33(27-13-5-9-21-7-1-3-11-25(21)27)29-17-15-24(36)20-32(29)34(30)28-14-6-10-22-8-2-4-12-26(22)28/h21-32,39-42H,9-20,33-38H2,1-8H3;9-28H,3-8H2,1-2H3;1-20H. The number of aryl methyl sites for hydroxylation is 2. The summed E-state index contributed by atoms with van der Waals surface area (Å²) in [7, 11) is -0.678. The van der Waals surface area contributed by atoms with E-state index in [4.69, 9.17) is 18.6 Å². The summed E-state index contributed by atoms with van der Waals surface area (Å²) < 4.78 is 29.2. The second-order valence-corrected chi connectivity index (χ2v) is 45.7. The van der Waals surface area contributed by atoms with Gasteiger partial charge in [0, 0.05) is 57.4 Å². The van der Waals surface area contributed by atoms with Crippen molar-refractivity contribution in [3.63, 3.8) is 0 Å². The molecule has 12 heteroatoms. The van der Waals surface area contributed by atoms with Crippen molar-refractivity contribution in [2.24, 2.45) is 0 Å². The molecule has 2 fully saturated rings. The van der Waals surface area contributed by atoms with Crippen LogP contribution in [0.2, 0.25) is 0 Å². The molecule has 0 aromatic heterocycles. The molecule has 0 saturated carbocycles. The molecule has 17 aromatic carbocycles. The van der Waals surface area contributed by atoms with Crippen molar-refractivity contribution in [2.45, 2.75) is 219 Å². The number of benzene rings is 17. The van der Waals surface area contributed by atoms with Gasteiger partial charge in [-0.3, -0.25) is 0 Å². The number of anilines is 6. The van der Waals surface area contributed by atoms with Crippen LogP contribution in [0.4, 0.5) is 34.1 Å². The van der Waals surface area contributed by atoms with Gasteiger partial charge in [0.2, 0.25) is 0 Å². The maximum atomic E-state index is 6.24. The van der Waals surface area contributed by atoms with Gasteiger partial charge in [-0.25, -0.2) is 0 Å². The molecule has 144 heavy (non-hydrogen) atoms. The maximum Gasteiger partial charge on any atom is 0.494 e. The number of nitrogens with zero attached hydrogens (tertiary/aromatic N) is 2. The Morgan fingerprint density at radius 3 is 1.00 bits per heavy atom. The second-order valence-electron chi connectivity index (χ2n) is 42.1. The molecule has 0 unspecified atom stereocenters. The lowest BCUT2D eigenvalue weighted by atomic mass is 9.65. The summed E-state index contributed by atoms with van der Waals surface area (Å²) in [4.78, 5) is 4.65. The number of unbranched alkanes of at least 4 members (excludes halogenated alkanes) is 12. The Bertz CT molecular complexity index is 6980. The molecule has 2 saturated heterocycles. The van der Waals surface area contributed by atoms with Crippen molar-refractivity contribution in [2.75, 3.05) is 36.2 Å². The third-order valence-corrected chi connectivity index (χ3v) is 32.5. The number of hydrogen-bond acceptors (Lipinski definition) is 6. The van der Waals surface area contributed by atoms with Crippen LogP contribution in [0.15, 0.2) is 358 Å². The van der Waals surface area contributed by atoms with Gasteiger partial charge in [0.25, 0.3) is 0 Å². The minimum Gasteiger partial charge on any atom is -0.405 e. The Morgan fingerprint density at radius 2 is 0.597 bits per heavy atom. The molecular formula is C132H134B2Br4N2O4. The molecule has 0 radical (unpaired) electrons. The monoisotopic (exact) mass is 2150 g/mol.